The van der Waals surface area contributed by atoms with E-state index in [1.807, 2.05) is 55.5 Å². The number of ether oxygens (including phenoxy) is 4. The summed E-state index contributed by atoms with van der Waals surface area (Å²) < 4.78 is 21.9. The largest absolute Gasteiger partial charge is 1.00 e. The van der Waals surface area contributed by atoms with E-state index in [9.17, 15) is 4.79 Å². The van der Waals surface area contributed by atoms with Crippen molar-refractivity contribution in [3.05, 3.63) is 77.4 Å². The van der Waals surface area contributed by atoms with Crippen molar-refractivity contribution < 1.29 is 42.6 Å². The van der Waals surface area contributed by atoms with Gasteiger partial charge in [0.2, 0.25) is 0 Å². The SMILES string of the molecule is COc1cc(OC)c(C(=O)[P-]c2ccc(OCc3ccccc3)cc2C)c(OC)c1.[Li+]. The summed E-state index contributed by atoms with van der Waals surface area (Å²) in [5.41, 5.74) is 2.35. The second kappa shape index (κ2) is 11.8. The summed E-state index contributed by atoms with van der Waals surface area (Å²) in [4.78, 5) is 13.1. The minimum atomic E-state index is -0.118. The molecule has 3 aromatic carbocycles. The molecule has 0 spiro atoms. The summed E-state index contributed by atoms with van der Waals surface area (Å²) in [5.74, 6) is 2.17. The zero-order valence-electron chi connectivity index (χ0n) is 18.5. The van der Waals surface area contributed by atoms with Gasteiger partial charge in [0.1, 0.15) is 29.6 Å². The van der Waals surface area contributed by atoms with Gasteiger partial charge in [-0.25, -0.2) is 0 Å². The molecule has 0 aliphatic carbocycles. The van der Waals surface area contributed by atoms with Crippen LogP contribution in [0.15, 0.2) is 60.7 Å². The molecule has 0 amide bonds. The van der Waals surface area contributed by atoms with E-state index in [-0.39, 0.29) is 24.4 Å². The number of hydrogen-bond acceptors (Lipinski definition) is 5. The molecule has 0 bridgehead atoms. The van der Waals surface area contributed by atoms with E-state index < -0.39 is 0 Å². The summed E-state index contributed by atoms with van der Waals surface area (Å²) >= 11 is 0. The van der Waals surface area contributed by atoms with E-state index in [1.165, 1.54) is 14.2 Å². The van der Waals surface area contributed by atoms with Crippen molar-refractivity contribution in [2.45, 2.75) is 13.5 Å². The Labute approximate surface area is 197 Å². The third-order valence-corrected chi connectivity index (χ3v) is 5.74. The molecule has 3 aromatic rings. The van der Waals surface area contributed by atoms with Crippen molar-refractivity contribution in [1.29, 1.82) is 0 Å². The van der Waals surface area contributed by atoms with E-state index >= 15 is 0 Å². The second-order valence-electron chi connectivity index (χ2n) is 6.55. The molecular weight excluding hydrogens is 406 g/mol. The maximum absolute atomic E-state index is 13.1. The van der Waals surface area contributed by atoms with Crippen LogP contribution in [0.25, 0.3) is 0 Å². The van der Waals surface area contributed by atoms with Crippen molar-refractivity contribution in [3.8, 4) is 23.0 Å². The van der Waals surface area contributed by atoms with Crippen molar-refractivity contribution in [3.63, 3.8) is 0 Å². The first-order chi connectivity index (χ1) is 14.5. The van der Waals surface area contributed by atoms with E-state index in [0.29, 0.717) is 38.0 Å². The maximum atomic E-state index is 13.1. The van der Waals surface area contributed by atoms with E-state index in [4.69, 9.17) is 18.9 Å². The van der Waals surface area contributed by atoms with Gasteiger partial charge < -0.3 is 32.3 Å². The molecule has 7 heteroatoms. The zero-order chi connectivity index (χ0) is 21.5. The minimum absolute atomic E-state index is 0. The molecule has 0 aliphatic rings. The van der Waals surface area contributed by atoms with Crippen molar-refractivity contribution in [2.75, 3.05) is 21.3 Å². The Kier molecular flexibility index (Phi) is 9.46. The molecule has 0 N–H and O–H groups in total. The predicted molar refractivity (Wildman–Crippen MR) is 119 cm³/mol. The van der Waals surface area contributed by atoms with E-state index in [2.05, 4.69) is 0 Å². The van der Waals surface area contributed by atoms with Crippen molar-refractivity contribution >= 4 is 19.4 Å². The number of methoxy groups -OCH3 is 3. The molecule has 31 heavy (non-hydrogen) atoms. The summed E-state index contributed by atoms with van der Waals surface area (Å²) in [6.45, 7) is 2.46. The summed E-state index contributed by atoms with van der Waals surface area (Å²) in [6.07, 6.45) is 0. The maximum Gasteiger partial charge on any atom is 1.00 e. The van der Waals surface area contributed by atoms with E-state index in [1.54, 1.807) is 19.2 Å². The van der Waals surface area contributed by atoms with Gasteiger partial charge in [0.25, 0.3) is 0 Å². The Bertz CT molecular complexity index is 999. The number of hydrogen-bond donors (Lipinski definition) is 0. The van der Waals surface area contributed by atoms with Gasteiger partial charge in [0.15, 0.2) is 0 Å². The summed E-state index contributed by atoms with van der Waals surface area (Å²) in [5, 5.41) is 0.895. The molecule has 5 nitrogen and oxygen atoms in total. The molecule has 0 heterocycles. The fourth-order valence-corrected chi connectivity index (χ4v) is 3.91. The van der Waals surface area contributed by atoms with Gasteiger partial charge in [0.05, 0.1) is 26.9 Å². The summed E-state index contributed by atoms with van der Waals surface area (Å²) in [6, 6.07) is 19.1. The molecule has 0 fully saturated rings. The van der Waals surface area contributed by atoms with Crippen LogP contribution in [0.3, 0.4) is 0 Å². The monoisotopic (exact) mass is 430 g/mol. The smallest absolute Gasteiger partial charge is 0.496 e. The first-order valence-electron chi connectivity index (χ1n) is 9.39. The van der Waals surface area contributed by atoms with Crippen molar-refractivity contribution in [1.82, 2.24) is 0 Å². The van der Waals surface area contributed by atoms with Crippen LogP contribution in [0.4, 0.5) is 0 Å². The molecular formula is C24H24LiO5P. The third-order valence-electron chi connectivity index (χ3n) is 4.57. The molecule has 0 unspecified atom stereocenters. The van der Waals surface area contributed by atoms with Crippen LogP contribution >= 0.6 is 8.58 Å². The van der Waals surface area contributed by atoms with Crippen LogP contribution in [-0.4, -0.2) is 26.9 Å². The van der Waals surface area contributed by atoms with Gasteiger partial charge in [-0.05, 0) is 24.6 Å². The zero-order valence-corrected chi connectivity index (χ0v) is 19.4. The number of carbonyl (C=O) groups is 1. The number of rotatable bonds is 9. The second-order valence-corrected chi connectivity index (χ2v) is 7.66. The average molecular weight is 430 g/mol. The van der Waals surface area contributed by atoms with Gasteiger partial charge >= 0.3 is 18.9 Å². The summed E-state index contributed by atoms with van der Waals surface area (Å²) in [7, 11) is 5.12. The van der Waals surface area contributed by atoms with Gasteiger partial charge in [-0.2, -0.15) is 5.30 Å². The van der Waals surface area contributed by atoms with Crippen LogP contribution in [0.1, 0.15) is 21.5 Å². The predicted octanol–water partition coefficient (Wildman–Crippen LogP) is 2.02. The number of aryl methyl sites for hydroxylation is 1. The molecule has 156 valence electrons. The van der Waals surface area contributed by atoms with Crippen LogP contribution in [0.5, 0.6) is 23.0 Å². The first-order valence-corrected chi connectivity index (χ1v) is 10.3. The van der Waals surface area contributed by atoms with Gasteiger partial charge in [-0.15, -0.1) is 0 Å². The molecule has 0 saturated heterocycles. The Balaban J connectivity index is 0.00000341. The van der Waals surface area contributed by atoms with Crippen LogP contribution in [0.2, 0.25) is 0 Å². The standard InChI is InChI=1S/C24H24O5P.Li/c1-16-12-18(29-15-17-8-6-5-7-9-17)10-11-22(16)30-24(25)23-20(27-3)13-19(26-2)14-21(23)28-4;/h5-14H,15H2,1-4H3;/q-1;+1. The topological polar surface area (TPSA) is 54.0 Å². The number of benzene rings is 3. The van der Waals surface area contributed by atoms with Gasteiger partial charge in [-0.3, -0.25) is 0 Å². The Morgan fingerprint density at radius 2 is 1.48 bits per heavy atom. The van der Waals surface area contributed by atoms with Crippen LogP contribution < -0.4 is 43.1 Å². The molecule has 0 radical (unpaired) electrons. The fourth-order valence-electron chi connectivity index (χ4n) is 2.97. The quantitative estimate of drug-likeness (QED) is 0.384. The van der Waals surface area contributed by atoms with E-state index in [0.717, 1.165) is 22.2 Å². The Hall–Kier alpha value is -2.44. The normalized spacial score (nSPS) is 10.5. The molecule has 0 aromatic heterocycles. The third kappa shape index (κ3) is 6.28. The van der Waals surface area contributed by atoms with Crippen LogP contribution in [-0.2, 0) is 6.61 Å². The van der Waals surface area contributed by atoms with Gasteiger partial charge in [0, 0.05) is 17.7 Å². The fraction of sp³-hybridized carbons (Fsp3) is 0.208. The Morgan fingerprint density at radius 1 is 0.839 bits per heavy atom. The number of carbonyl (C=O) groups excluding carboxylic acids is 1. The molecule has 0 saturated carbocycles. The first kappa shape index (κ1) is 24.8. The minimum Gasteiger partial charge on any atom is -0.496 e. The molecule has 0 atom stereocenters. The Morgan fingerprint density at radius 3 is 2.03 bits per heavy atom. The van der Waals surface area contributed by atoms with Crippen LogP contribution in [0, 0.1) is 6.92 Å². The molecule has 3 rings (SSSR count). The molecule has 0 aliphatic heterocycles. The van der Waals surface area contributed by atoms with Crippen molar-refractivity contribution in [2.24, 2.45) is 0 Å². The average Bonchev–Trinajstić information content (AvgIpc) is 2.78. The van der Waals surface area contributed by atoms with Gasteiger partial charge in [-0.1, -0.05) is 42.0 Å².